The van der Waals surface area contributed by atoms with Gasteiger partial charge in [-0.3, -0.25) is 9.59 Å². The fourth-order valence-corrected chi connectivity index (χ4v) is 2.84. The second-order valence-corrected chi connectivity index (χ2v) is 6.76. The van der Waals surface area contributed by atoms with Gasteiger partial charge in [0, 0.05) is 11.6 Å². The Morgan fingerprint density at radius 1 is 0.862 bits per heavy atom. The monoisotopic (exact) mass is 408 g/mol. The number of hydrogen-bond donors (Lipinski definition) is 2. The number of nitrogens with one attached hydrogen (secondary N) is 2. The first-order valence-electron chi connectivity index (χ1n) is 9.21. The minimum Gasteiger partial charge on any atom is -0.484 e. The molecule has 29 heavy (non-hydrogen) atoms. The lowest BCUT2D eigenvalue weighted by molar-refractivity contribution is -0.118. The van der Waals surface area contributed by atoms with Gasteiger partial charge >= 0.3 is 0 Å². The molecule has 0 aliphatic heterocycles. The van der Waals surface area contributed by atoms with Crippen molar-refractivity contribution in [1.29, 1.82) is 0 Å². The van der Waals surface area contributed by atoms with Gasteiger partial charge in [0.25, 0.3) is 11.8 Å². The molecule has 0 spiro atoms. The third-order valence-corrected chi connectivity index (χ3v) is 4.42. The van der Waals surface area contributed by atoms with Crippen LogP contribution in [0.5, 0.6) is 5.75 Å². The molecule has 148 valence electrons. The van der Waals surface area contributed by atoms with Crippen molar-refractivity contribution in [2.75, 3.05) is 18.5 Å². The van der Waals surface area contributed by atoms with Crippen molar-refractivity contribution in [3.05, 3.63) is 95.0 Å². The van der Waals surface area contributed by atoms with Gasteiger partial charge in [0.05, 0.1) is 11.3 Å². The standard InChI is InChI=1S/C23H21ClN2O3/c24-18-10-12-19(13-11-18)29-16-22(27)26-21-9-5-4-8-20(21)23(28)25-15-14-17-6-2-1-3-7-17/h1-13H,14-16H2,(H,25,28)(H,26,27). The molecule has 0 saturated heterocycles. The first-order chi connectivity index (χ1) is 14.1. The fraction of sp³-hybridized carbons (Fsp3) is 0.130. The van der Waals surface area contributed by atoms with E-state index in [0.29, 0.717) is 28.6 Å². The highest BCUT2D eigenvalue weighted by atomic mass is 35.5. The SMILES string of the molecule is O=C(COc1ccc(Cl)cc1)Nc1ccccc1C(=O)NCCc1ccccc1. The minimum atomic E-state index is -0.357. The van der Waals surface area contributed by atoms with Crippen molar-refractivity contribution in [1.82, 2.24) is 5.32 Å². The van der Waals surface area contributed by atoms with E-state index in [9.17, 15) is 9.59 Å². The summed E-state index contributed by atoms with van der Waals surface area (Å²) in [5, 5.41) is 6.21. The maximum atomic E-state index is 12.5. The Morgan fingerprint density at radius 3 is 2.31 bits per heavy atom. The Balaban J connectivity index is 1.54. The molecule has 3 aromatic rings. The third-order valence-electron chi connectivity index (χ3n) is 4.17. The highest BCUT2D eigenvalue weighted by molar-refractivity contribution is 6.30. The van der Waals surface area contributed by atoms with Crippen molar-refractivity contribution in [2.45, 2.75) is 6.42 Å². The van der Waals surface area contributed by atoms with Gasteiger partial charge in [0.1, 0.15) is 5.75 Å². The zero-order valence-corrected chi connectivity index (χ0v) is 16.5. The van der Waals surface area contributed by atoms with Gasteiger partial charge in [-0.05, 0) is 48.4 Å². The molecule has 0 aliphatic carbocycles. The molecule has 0 bridgehead atoms. The van der Waals surface area contributed by atoms with Crippen LogP contribution in [0.4, 0.5) is 5.69 Å². The summed E-state index contributed by atoms with van der Waals surface area (Å²) in [5.74, 6) is -0.0589. The normalized spacial score (nSPS) is 10.2. The molecule has 0 heterocycles. The summed E-state index contributed by atoms with van der Waals surface area (Å²) in [6.07, 6.45) is 0.732. The van der Waals surface area contributed by atoms with Crippen LogP contribution in [0.3, 0.4) is 0 Å². The maximum absolute atomic E-state index is 12.5. The molecule has 0 aliphatic rings. The summed E-state index contributed by atoms with van der Waals surface area (Å²) in [7, 11) is 0. The Labute approximate surface area is 174 Å². The Bertz CT molecular complexity index is 959. The van der Waals surface area contributed by atoms with Crippen LogP contribution in [0.1, 0.15) is 15.9 Å². The first-order valence-corrected chi connectivity index (χ1v) is 9.59. The van der Waals surface area contributed by atoms with Crippen LogP contribution >= 0.6 is 11.6 Å². The molecule has 0 radical (unpaired) electrons. The molecule has 3 aromatic carbocycles. The van der Waals surface area contributed by atoms with E-state index in [0.717, 1.165) is 12.0 Å². The van der Waals surface area contributed by atoms with Crippen LogP contribution in [0.2, 0.25) is 5.02 Å². The predicted octanol–water partition coefficient (Wildman–Crippen LogP) is 4.33. The summed E-state index contributed by atoms with van der Waals surface area (Å²) in [5.41, 5.74) is 1.99. The number of anilines is 1. The molecule has 6 heteroatoms. The van der Waals surface area contributed by atoms with E-state index in [1.165, 1.54) is 0 Å². The number of carbonyl (C=O) groups excluding carboxylic acids is 2. The fourth-order valence-electron chi connectivity index (χ4n) is 2.72. The average Bonchev–Trinajstić information content (AvgIpc) is 2.74. The Hall–Kier alpha value is -3.31. The van der Waals surface area contributed by atoms with Crippen molar-refractivity contribution in [3.63, 3.8) is 0 Å². The predicted molar refractivity (Wildman–Crippen MR) is 114 cm³/mol. The van der Waals surface area contributed by atoms with E-state index in [1.807, 2.05) is 30.3 Å². The van der Waals surface area contributed by atoms with Crippen molar-refractivity contribution in [3.8, 4) is 5.75 Å². The van der Waals surface area contributed by atoms with Crippen LogP contribution in [-0.2, 0) is 11.2 Å². The van der Waals surface area contributed by atoms with E-state index in [4.69, 9.17) is 16.3 Å². The summed E-state index contributed by atoms with van der Waals surface area (Å²) in [6, 6.07) is 23.5. The van der Waals surface area contributed by atoms with Crippen molar-refractivity contribution < 1.29 is 14.3 Å². The Morgan fingerprint density at radius 2 is 1.55 bits per heavy atom. The number of halogens is 1. The van der Waals surface area contributed by atoms with Crippen LogP contribution in [0.25, 0.3) is 0 Å². The molecule has 0 fully saturated rings. The van der Waals surface area contributed by atoms with Crippen molar-refractivity contribution in [2.24, 2.45) is 0 Å². The lowest BCUT2D eigenvalue weighted by Gasteiger charge is -2.12. The molecule has 0 unspecified atom stereocenters. The number of benzene rings is 3. The number of para-hydroxylation sites is 1. The van der Waals surface area contributed by atoms with Gasteiger partial charge in [-0.1, -0.05) is 54.1 Å². The van der Waals surface area contributed by atoms with Gasteiger partial charge in [-0.25, -0.2) is 0 Å². The molecule has 2 N–H and O–H groups in total. The third kappa shape index (κ3) is 6.36. The quantitative estimate of drug-likeness (QED) is 0.583. The molecule has 0 saturated carbocycles. The van der Waals surface area contributed by atoms with E-state index < -0.39 is 0 Å². The largest absolute Gasteiger partial charge is 0.484 e. The van der Waals surface area contributed by atoms with Gasteiger partial charge in [-0.15, -0.1) is 0 Å². The highest BCUT2D eigenvalue weighted by Crippen LogP contribution is 2.17. The Kier molecular flexibility index (Phi) is 7.25. The lowest BCUT2D eigenvalue weighted by atomic mass is 10.1. The molecular weight excluding hydrogens is 388 g/mol. The molecule has 3 rings (SSSR count). The summed E-state index contributed by atoms with van der Waals surface area (Å²) in [4.78, 5) is 24.8. The van der Waals surface area contributed by atoms with Gasteiger partial charge < -0.3 is 15.4 Å². The number of amides is 2. The van der Waals surface area contributed by atoms with E-state index >= 15 is 0 Å². The minimum absolute atomic E-state index is 0.175. The zero-order valence-electron chi connectivity index (χ0n) is 15.7. The van der Waals surface area contributed by atoms with E-state index in [2.05, 4.69) is 10.6 Å². The summed E-state index contributed by atoms with van der Waals surface area (Å²) in [6.45, 7) is 0.330. The van der Waals surface area contributed by atoms with Gasteiger partial charge in [0.15, 0.2) is 6.61 Å². The summed E-state index contributed by atoms with van der Waals surface area (Å²) < 4.78 is 5.44. The van der Waals surface area contributed by atoms with Crippen LogP contribution < -0.4 is 15.4 Å². The molecule has 0 aromatic heterocycles. The molecule has 5 nitrogen and oxygen atoms in total. The molecule has 2 amide bonds. The summed E-state index contributed by atoms with van der Waals surface area (Å²) >= 11 is 5.83. The van der Waals surface area contributed by atoms with Crippen LogP contribution in [0.15, 0.2) is 78.9 Å². The second kappa shape index (κ2) is 10.3. The average molecular weight is 409 g/mol. The first kappa shape index (κ1) is 20.4. The highest BCUT2D eigenvalue weighted by Gasteiger charge is 2.13. The molecule has 0 atom stereocenters. The number of ether oxygens (including phenoxy) is 1. The number of rotatable bonds is 8. The number of hydrogen-bond acceptors (Lipinski definition) is 3. The second-order valence-electron chi connectivity index (χ2n) is 6.33. The van der Waals surface area contributed by atoms with Crippen LogP contribution in [0, 0.1) is 0 Å². The van der Waals surface area contributed by atoms with Crippen molar-refractivity contribution >= 4 is 29.1 Å². The number of carbonyl (C=O) groups is 2. The van der Waals surface area contributed by atoms with E-state index in [1.54, 1.807) is 48.5 Å². The topological polar surface area (TPSA) is 67.4 Å². The van der Waals surface area contributed by atoms with Gasteiger partial charge in [0.2, 0.25) is 0 Å². The lowest BCUT2D eigenvalue weighted by Crippen LogP contribution is -2.28. The zero-order chi connectivity index (χ0) is 20.5. The molecular formula is C23H21ClN2O3. The maximum Gasteiger partial charge on any atom is 0.262 e. The smallest absolute Gasteiger partial charge is 0.262 e. The van der Waals surface area contributed by atoms with Crippen LogP contribution in [-0.4, -0.2) is 25.0 Å². The van der Waals surface area contributed by atoms with E-state index in [-0.39, 0.29) is 18.4 Å². The van der Waals surface area contributed by atoms with Gasteiger partial charge in [-0.2, -0.15) is 0 Å².